The van der Waals surface area contributed by atoms with E-state index in [1.807, 2.05) is 13.1 Å². The van der Waals surface area contributed by atoms with E-state index in [9.17, 15) is 34.8 Å². The van der Waals surface area contributed by atoms with E-state index in [4.69, 9.17) is 32.8 Å². The highest BCUT2D eigenvalue weighted by molar-refractivity contribution is 6.74. The normalized spacial score (nSPS) is 28.3. The van der Waals surface area contributed by atoms with Crippen molar-refractivity contribution in [1.82, 2.24) is 0 Å². The summed E-state index contributed by atoms with van der Waals surface area (Å²) in [6.07, 6.45) is -16.2. The number of rotatable bonds is 14. The van der Waals surface area contributed by atoms with Gasteiger partial charge in [-0.25, -0.2) is 14.4 Å². The average molecular weight is 797 g/mol. The molecule has 2 fully saturated rings. The van der Waals surface area contributed by atoms with E-state index < -0.39 is 101 Å². The van der Waals surface area contributed by atoms with Crippen LogP contribution < -0.4 is 0 Å². The van der Waals surface area contributed by atoms with Crippen LogP contribution in [0.4, 0.5) is 0 Å². The summed E-state index contributed by atoms with van der Waals surface area (Å²) in [7, 11) is -2.80. The van der Waals surface area contributed by atoms with Crippen molar-refractivity contribution in [2.24, 2.45) is 5.92 Å². The molecule has 5 rings (SSSR count). The fourth-order valence-electron chi connectivity index (χ4n) is 6.27. The van der Waals surface area contributed by atoms with Gasteiger partial charge in [-0.15, -0.1) is 0 Å². The number of ether oxygens (including phenoxy) is 6. The summed E-state index contributed by atoms with van der Waals surface area (Å²) in [6.45, 7) is 11.2. The molecular formula is C41H52O14Si. The van der Waals surface area contributed by atoms with E-state index in [0.717, 1.165) is 0 Å². The first-order valence-electron chi connectivity index (χ1n) is 18.6. The summed E-state index contributed by atoms with van der Waals surface area (Å²) in [5.41, 5.74) is 0.661. The Kier molecular flexibility index (Phi) is 14.2. The molecule has 2 aliphatic rings. The maximum atomic E-state index is 13.5. The second-order valence-corrected chi connectivity index (χ2v) is 19.9. The second kappa shape index (κ2) is 18.5. The molecule has 0 bridgehead atoms. The van der Waals surface area contributed by atoms with Gasteiger partial charge < -0.3 is 53.3 Å². The van der Waals surface area contributed by atoms with Crippen LogP contribution in [0.5, 0.6) is 0 Å². The minimum atomic E-state index is -2.80. The third-order valence-corrected chi connectivity index (χ3v) is 15.5. The van der Waals surface area contributed by atoms with E-state index in [-0.39, 0.29) is 27.6 Å². The number of benzene rings is 3. The number of hydrogen-bond acceptors (Lipinski definition) is 14. The molecule has 0 aromatic heterocycles. The minimum Gasteiger partial charge on any atom is -0.459 e. The molecule has 0 unspecified atom stereocenters. The summed E-state index contributed by atoms with van der Waals surface area (Å²) in [4.78, 5) is 39.3. The first kappa shape index (κ1) is 43.1. The van der Waals surface area contributed by atoms with Gasteiger partial charge in [0.15, 0.2) is 27.0 Å². The van der Waals surface area contributed by atoms with Crippen LogP contribution in [0.15, 0.2) is 91.0 Å². The molecule has 3 aromatic carbocycles. The number of aliphatic hydroxyl groups is 4. The van der Waals surface area contributed by atoms with Gasteiger partial charge in [0.1, 0.15) is 55.9 Å². The highest BCUT2D eigenvalue weighted by atomic mass is 28.4. The van der Waals surface area contributed by atoms with Crippen LogP contribution in [0.2, 0.25) is 18.1 Å². The monoisotopic (exact) mass is 796 g/mol. The topological polar surface area (TPSA) is 197 Å². The number of carbonyl (C=O) groups is 3. The Hall–Kier alpha value is -4.03. The van der Waals surface area contributed by atoms with E-state index in [0.29, 0.717) is 0 Å². The standard InChI is InChI=1S/C41H52O14Si/c1-24(2)41(3,4)56(5,6)55-40-35(53-38(48)27-20-14-9-15-21-27)33(45)34(29(52-40)23-50-37(47)26-18-12-8-13-19-26)54-39-32(44)31(43)30(42)28(51-39)22-49-36(46)25-16-10-7-11-17-25/h7-21,24,28-35,39-40,42-45H,22-23H2,1-6H3/t28-,29-,30+,31+,32-,33+,34-,35-,39+,40+/m1/s1. The van der Waals surface area contributed by atoms with Gasteiger partial charge in [0.25, 0.3) is 0 Å². The van der Waals surface area contributed by atoms with E-state index >= 15 is 0 Å². The molecule has 14 nitrogen and oxygen atoms in total. The van der Waals surface area contributed by atoms with Crippen molar-refractivity contribution >= 4 is 26.2 Å². The van der Waals surface area contributed by atoms with Crippen LogP contribution in [0.3, 0.4) is 0 Å². The number of carbonyl (C=O) groups excluding carboxylic acids is 3. The van der Waals surface area contributed by atoms with Gasteiger partial charge in [0.2, 0.25) is 0 Å². The number of esters is 3. The predicted molar refractivity (Wildman–Crippen MR) is 203 cm³/mol. The molecule has 0 aliphatic carbocycles. The number of aliphatic hydroxyl groups excluding tert-OH is 4. The zero-order valence-corrected chi connectivity index (χ0v) is 33.3. The maximum Gasteiger partial charge on any atom is 0.338 e. The minimum absolute atomic E-state index is 0.160. The van der Waals surface area contributed by atoms with Crippen molar-refractivity contribution in [3.05, 3.63) is 108 Å². The van der Waals surface area contributed by atoms with E-state index in [2.05, 4.69) is 27.7 Å². The van der Waals surface area contributed by atoms with Crippen molar-refractivity contribution in [1.29, 1.82) is 0 Å². The molecule has 2 saturated heterocycles. The van der Waals surface area contributed by atoms with Gasteiger partial charge in [-0.05, 0) is 60.4 Å². The lowest BCUT2D eigenvalue weighted by Gasteiger charge is -2.50. The van der Waals surface area contributed by atoms with Crippen molar-refractivity contribution in [3.63, 3.8) is 0 Å². The Labute approximate surface area is 327 Å². The van der Waals surface area contributed by atoms with Crippen LogP contribution in [0.1, 0.15) is 58.8 Å². The Morgan fingerprint density at radius 1 is 0.625 bits per heavy atom. The predicted octanol–water partition coefficient (Wildman–Crippen LogP) is 3.86. The summed E-state index contributed by atoms with van der Waals surface area (Å²) in [5.74, 6) is -2.07. The molecule has 0 radical (unpaired) electrons. The molecular weight excluding hydrogens is 745 g/mol. The van der Waals surface area contributed by atoms with Crippen molar-refractivity contribution in [2.75, 3.05) is 13.2 Å². The quantitative estimate of drug-likeness (QED) is 0.104. The molecule has 56 heavy (non-hydrogen) atoms. The highest BCUT2D eigenvalue weighted by Crippen LogP contribution is 2.46. The Morgan fingerprint density at radius 3 is 1.55 bits per heavy atom. The first-order valence-corrected chi connectivity index (χ1v) is 21.5. The van der Waals surface area contributed by atoms with Crippen molar-refractivity contribution < 1.29 is 67.7 Å². The highest BCUT2D eigenvalue weighted by Gasteiger charge is 2.55. The molecule has 0 saturated carbocycles. The molecule has 15 heteroatoms. The zero-order valence-electron chi connectivity index (χ0n) is 32.3. The first-order chi connectivity index (χ1) is 26.5. The third kappa shape index (κ3) is 9.91. The average Bonchev–Trinajstić information content (AvgIpc) is 3.19. The van der Waals surface area contributed by atoms with Crippen LogP contribution in [-0.2, 0) is 32.8 Å². The lowest BCUT2D eigenvalue weighted by molar-refractivity contribution is -0.352. The van der Waals surface area contributed by atoms with E-state index in [1.54, 1.807) is 66.7 Å². The van der Waals surface area contributed by atoms with Crippen LogP contribution in [0.25, 0.3) is 0 Å². The Bertz CT molecular complexity index is 1740. The molecule has 3 aromatic rings. The molecule has 0 spiro atoms. The molecule has 4 N–H and O–H groups in total. The molecule has 2 heterocycles. The van der Waals surface area contributed by atoms with Crippen LogP contribution >= 0.6 is 0 Å². The van der Waals surface area contributed by atoms with Crippen LogP contribution in [-0.4, -0.2) is 121 Å². The summed E-state index contributed by atoms with van der Waals surface area (Å²) in [5, 5.41) is 44.5. The van der Waals surface area contributed by atoms with Gasteiger partial charge in [0, 0.05) is 0 Å². The molecule has 0 amide bonds. The maximum absolute atomic E-state index is 13.5. The third-order valence-electron chi connectivity index (χ3n) is 11.0. The van der Waals surface area contributed by atoms with Crippen molar-refractivity contribution in [3.8, 4) is 0 Å². The van der Waals surface area contributed by atoms with Gasteiger partial charge in [-0.1, -0.05) is 82.3 Å². The zero-order chi connectivity index (χ0) is 40.8. The van der Waals surface area contributed by atoms with Gasteiger partial charge in [0.05, 0.1) is 16.7 Å². The Balaban J connectivity index is 1.45. The SMILES string of the molecule is CC(C)C(C)(C)[Si](C)(C)O[C@@H]1O[C@H](COC(=O)c2ccccc2)[C@@H](O[C@@H]2O[C@H](COC(=O)c3ccccc3)[C@H](O)[C@H](O)[C@H]2O)[C@H](O)[C@H]1OC(=O)c1ccccc1. The van der Waals surface area contributed by atoms with Gasteiger partial charge in [-0.3, -0.25) is 0 Å². The van der Waals surface area contributed by atoms with Gasteiger partial charge in [-0.2, -0.15) is 0 Å². The fourth-order valence-corrected chi connectivity index (χ4v) is 8.74. The van der Waals surface area contributed by atoms with E-state index in [1.165, 1.54) is 24.3 Å². The summed E-state index contributed by atoms with van der Waals surface area (Å²) in [6, 6.07) is 24.4. The molecule has 10 atom stereocenters. The fraction of sp³-hybridized carbons (Fsp3) is 0.488. The molecule has 2 aliphatic heterocycles. The summed E-state index contributed by atoms with van der Waals surface area (Å²) >= 11 is 0. The summed E-state index contributed by atoms with van der Waals surface area (Å²) < 4.78 is 42.1. The second-order valence-electron chi connectivity index (χ2n) is 15.3. The lowest BCUT2D eigenvalue weighted by atomic mass is 9.96. The largest absolute Gasteiger partial charge is 0.459 e. The lowest BCUT2D eigenvalue weighted by Crippen LogP contribution is -2.66. The Morgan fingerprint density at radius 2 is 1.07 bits per heavy atom. The number of hydrogen-bond donors (Lipinski definition) is 4. The molecule has 304 valence electrons. The van der Waals surface area contributed by atoms with Crippen molar-refractivity contribution in [2.45, 2.75) is 107 Å². The van der Waals surface area contributed by atoms with Gasteiger partial charge >= 0.3 is 17.9 Å². The van der Waals surface area contributed by atoms with Crippen LogP contribution in [0, 0.1) is 5.92 Å². The smallest absolute Gasteiger partial charge is 0.338 e.